The fourth-order valence-corrected chi connectivity index (χ4v) is 4.45. The molecule has 2 heterocycles. The van der Waals surface area contributed by atoms with Crippen molar-refractivity contribution in [2.24, 2.45) is 0 Å². The number of sulfonamides is 1. The van der Waals surface area contributed by atoms with Crippen LogP contribution in [0.15, 0.2) is 40.8 Å². The molecule has 1 atom stereocenters. The number of aromatic nitrogens is 1. The normalized spacial score (nSPS) is 18.7. The molecule has 1 saturated heterocycles. The highest BCUT2D eigenvalue weighted by atomic mass is 32.2. The van der Waals surface area contributed by atoms with Gasteiger partial charge < -0.3 is 4.42 Å². The van der Waals surface area contributed by atoms with E-state index in [1.54, 1.807) is 18.2 Å². The molecule has 4 rings (SSSR count). The Bertz CT molecular complexity index is 1100. The molecule has 136 valence electrons. The van der Waals surface area contributed by atoms with Crippen LogP contribution in [-0.4, -0.2) is 30.5 Å². The number of hydrogen-bond acceptors (Lipinski definition) is 4. The summed E-state index contributed by atoms with van der Waals surface area (Å²) in [6.07, 6.45) is 2.57. The molecule has 5 nitrogen and oxygen atoms in total. The van der Waals surface area contributed by atoms with Gasteiger partial charge in [-0.1, -0.05) is 12.1 Å². The third-order valence-corrected chi connectivity index (χ3v) is 5.86. The second-order valence-corrected chi connectivity index (χ2v) is 8.33. The van der Waals surface area contributed by atoms with E-state index in [1.807, 2.05) is 0 Å². The Morgan fingerprint density at radius 2 is 1.85 bits per heavy atom. The van der Waals surface area contributed by atoms with Gasteiger partial charge in [0.2, 0.25) is 15.9 Å². The van der Waals surface area contributed by atoms with Crippen molar-refractivity contribution in [1.29, 1.82) is 0 Å². The minimum atomic E-state index is -3.34. The Labute approximate surface area is 149 Å². The van der Waals surface area contributed by atoms with Crippen LogP contribution < -0.4 is 0 Å². The zero-order valence-corrected chi connectivity index (χ0v) is 14.8. The van der Waals surface area contributed by atoms with E-state index in [4.69, 9.17) is 4.42 Å². The molecule has 0 bridgehead atoms. The van der Waals surface area contributed by atoms with Gasteiger partial charge in [0.25, 0.3) is 0 Å². The fourth-order valence-electron chi connectivity index (χ4n) is 3.33. The molecule has 8 heteroatoms. The zero-order chi connectivity index (χ0) is 18.5. The van der Waals surface area contributed by atoms with Crippen LogP contribution in [0, 0.1) is 11.6 Å². The van der Waals surface area contributed by atoms with Crippen molar-refractivity contribution in [3.05, 3.63) is 53.9 Å². The van der Waals surface area contributed by atoms with Crippen LogP contribution in [0.2, 0.25) is 0 Å². The molecule has 1 aromatic heterocycles. The first-order valence-electron chi connectivity index (χ1n) is 8.15. The van der Waals surface area contributed by atoms with Crippen molar-refractivity contribution in [1.82, 2.24) is 9.29 Å². The number of rotatable bonds is 3. The van der Waals surface area contributed by atoms with E-state index in [1.165, 1.54) is 16.6 Å². The van der Waals surface area contributed by atoms with Gasteiger partial charge >= 0.3 is 0 Å². The molecule has 0 saturated carbocycles. The van der Waals surface area contributed by atoms with Crippen LogP contribution in [0.25, 0.3) is 22.2 Å². The number of nitrogens with zero attached hydrogens (tertiary/aromatic N) is 2. The molecule has 0 radical (unpaired) electrons. The van der Waals surface area contributed by atoms with E-state index >= 15 is 0 Å². The van der Waals surface area contributed by atoms with E-state index < -0.39 is 27.7 Å². The molecular weight excluding hydrogens is 362 g/mol. The van der Waals surface area contributed by atoms with Gasteiger partial charge in [-0.05, 0) is 48.2 Å². The number of hydrogen-bond donors (Lipinski definition) is 0. The first-order chi connectivity index (χ1) is 12.3. The Hall–Kier alpha value is -2.32. The maximum Gasteiger partial charge on any atom is 0.213 e. The third-order valence-electron chi connectivity index (χ3n) is 4.57. The van der Waals surface area contributed by atoms with E-state index in [9.17, 15) is 17.2 Å². The van der Waals surface area contributed by atoms with E-state index in [0.29, 0.717) is 41.1 Å². The lowest BCUT2D eigenvalue weighted by Gasteiger charge is -2.18. The van der Waals surface area contributed by atoms with Gasteiger partial charge in [0.15, 0.2) is 17.2 Å². The molecule has 0 amide bonds. The maximum atomic E-state index is 13.5. The smallest absolute Gasteiger partial charge is 0.213 e. The number of fused-ring (bicyclic) bond motifs is 1. The predicted octanol–water partition coefficient (Wildman–Crippen LogP) is 3.87. The molecule has 3 aromatic rings. The van der Waals surface area contributed by atoms with E-state index in [2.05, 4.69) is 4.98 Å². The summed E-state index contributed by atoms with van der Waals surface area (Å²) in [6.45, 7) is 0.447. The summed E-state index contributed by atoms with van der Waals surface area (Å²) in [5, 5.41) is 0. The summed E-state index contributed by atoms with van der Waals surface area (Å²) in [7, 11) is -3.34. The van der Waals surface area contributed by atoms with Crippen LogP contribution in [0.5, 0.6) is 0 Å². The Morgan fingerprint density at radius 3 is 2.58 bits per heavy atom. The molecule has 0 spiro atoms. The lowest BCUT2D eigenvalue weighted by atomic mass is 10.1. The quantitative estimate of drug-likeness (QED) is 0.694. The lowest BCUT2D eigenvalue weighted by molar-refractivity contribution is 0.339. The van der Waals surface area contributed by atoms with Crippen LogP contribution in [0.4, 0.5) is 8.78 Å². The number of oxazole rings is 1. The molecule has 1 fully saturated rings. The molecule has 1 unspecified atom stereocenters. The SMILES string of the molecule is CS(=O)(=O)N1CCCC1c1nc2cc(-c3ccc(F)c(F)c3)ccc2o1. The molecule has 26 heavy (non-hydrogen) atoms. The average Bonchev–Trinajstić information content (AvgIpc) is 3.22. The van der Waals surface area contributed by atoms with Gasteiger partial charge in [0.1, 0.15) is 11.6 Å². The molecule has 0 N–H and O–H groups in total. The van der Waals surface area contributed by atoms with Crippen LogP contribution >= 0.6 is 0 Å². The molecule has 0 aliphatic carbocycles. The van der Waals surface area contributed by atoms with Gasteiger partial charge in [-0.3, -0.25) is 0 Å². The topological polar surface area (TPSA) is 63.4 Å². The van der Waals surface area contributed by atoms with E-state index in [-0.39, 0.29) is 0 Å². The average molecular weight is 378 g/mol. The number of halogens is 2. The Kier molecular flexibility index (Phi) is 4.04. The fraction of sp³-hybridized carbons (Fsp3) is 0.278. The largest absolute Gasteiger partial charge is 0.439 e. The van der Waals surface area contributed by atoms with Crippen LogP contribution in [0.1, 0.15) is 24.8 Å². The summed E-state index contributed by atoms with van der Waals surface area (Å²) >= 11 is 0. The molecule has 2 aromatic carbocycles. The maximum absolute atomic E-state index is 13.5. The van der Waals surface area contributed by atoms with Crippen molar-refractivity contribution >= 4 is 21.1 Å². The Balaban J connectivity index is 1.73. The van der Waals surface area contributed by atoms with Crippen LogP contribution in [0.3, 0.4) is 0 Å². The van der Waals surface area contributed by atoms with Crippen molar-refractivity contribution < 1.29 is 21.6 Å². The monoisotopic (exact) mass is 378 g/mol. The third kappa shape index (κ3) is 2.99. The minimum absolute atomic E-state index is 0.352. The van der Waals surface area contributed by atoms with Gasteiger partial charge in [-0.15, -0.1) is 0 Å². The summed E-state index contributed by atoms with van der Waals surface area (Å²) in [5.41, 5.74) is 2.26. The van der Waals surface area contributed by atoms with Crippen molar-refractivity contribution in [3.8, 4) is 11.1 Å². The second kappa shape index (κ2) is 6.14. The van der Waals surface area contributed by atoms with Crippen molar-refractivity contribution in [2.75, 3.05) is 12.8 Å². The van der Waals surface area contributed by atoms with Crippen molar-refractivity contribution in [3.63, 3.8) is 0 Å². The summed E-state index contributed by atoms with van der Waals surface area (Å²) in [6, 6.07) is 8.42. The first kappa shape index (κ1) is 17.1. The summed E-state index contributed by atoms with van der Waals surface area (Å²) < 4.78 is 57.6. The number of benzene rings is 2. The van der Waals surface area contributed by atoms with Gasteiger partial charge in [0, 0.05) is 6.54 Å². The predicted molar refractivity (Wildman–Crippen MR) is 92.9 cm³/mol. The Morgan fingerprint density at radius 1 is 1.12 bits per heavy atom. The zero-order valence-electron chi connectivity index (χ0n) is 13.9. The highest BCUT2D eigenvalue weighted by Gasteiger charge is 2.35. The first-order valence-corrected chi connectivity index (χ1v) is 10.0. The van der Waals surface area contributed by atoms with Gasteiger partial charge in [0.05, 0.1) is 6.26 Å². The summed E-state index contributed by atoms with van der Waals surface area (Å²) in [4.78, 5) is 4.44. The molecule has 1 aliphatic heterocycles. The van der Waals surface area contributed by atoms with E-state index in [0.717, 1.165) is 18.6 Å². The standard InChI is InChI=1S/C18H16F2N2O3S/c1-26(23,24)22-8-2-3-16(22)18-21-15-10-12(5-7-17(15)25-18)11-4-6-13(19)14(20)9-11/h4-7,9-10,16H,2-3,8H2,1H3. The minimum Gasteiger partial charge on any atom is -0.439 e. The van der Waals surface area contributed by atoms with Crippen molar-refractivity contribution in [2.45, 2.75) is 18.9 Å². The lowest BCUT2D eigenvalue weighted by Crippen LogP contribution is -2.29. The second-order valence-electron chi connectivity index (χ2n) is 6.40. The molecule has 1 aliphatic rings. The highest BCUT2D eigenvalue weighted by molar-refractivity contribution is 7.88. The van der Waals surface area contributed by atoms with Gasteiger partial charge in [-0.25, -0.2) is 22.2 Å². The summed E-state index contributed by atoms with van der Waals surface area (Å²) in [5.74, 6) is -1.47. The highest BCUT2D eigenvalue weighted by Crippen LogP contribution is 2.35. The van der Waals surface area contributed by atoms with Gasteiger partial charge in [-0.2, -0.15) is 4.31 Å². The molecular formula is C18H16F2N2O3S. The van der Waals surface area contributed by atoms with Crippen LogP contribution in [-0.2, 0) is 10.0 Å².